The van der Waals surface area contributed by atoms with Crippen molar-refractivity contribution in [1.82, 2.24) is 15.3 Å². The van der Waals surface area contributed by atoms with Gasteiger partial charge in [-0.25, -0.2) is 0 Å². The Labute approximate surface area is 132 Å². The number of carbonyl (C=O) groups excluding carboxylic acids is 1. The van der Waals surface area contributed by atoms with Crippen LogP contribution in [0.3, 0.4) is 0 Å². The van der Waals surface area contributed by atoms with Gasteiger partial charge in [-0.1, -0.05) is 18.2 Å². The summed E-state index contributed by atoms with van der Waals surface area (Å²) in [6.45, 7) is 6.18. The van der Waals surface area contributed by atoms with E-state index in [1.165, 1.54) is 16.7 Å². The number of nitrogens with zero attached hydrogens (tertiary/aromatic N) is 2. The lowest BCUT2D eigenvalue weighted by Crippen LogP contribution is -2.34. The number of rotatable bonds is 6. The summed E-state index contributed by atoms with van der Waals surface area (Å²) < 4.78 is 0. The van der Waals surface area contributed by atoms with Gasteiger partial charge in [-0.05, 0) is 43.9 Å². The minimum Gasteiger partial charge on any atom is -0.353 e. The summed E-state index contributed by atoms with van der Waals surface area (Å²) in [5.74, 6) is 0.0784. The number of hydrogen-bond acceptors (Lipinski definition) is 3. The lowest BCUT2D eigenvalue weighted by Gasteiger charge is -2.13. The summed E-state index contributed by atoms with van der Waals surface area (Å²) in [7, 11) is 0. The molecule has 0 saturated carbocycles. The van der Waals surface area contributed by atoms with Crippen molar-refractivity contribution < 1.29 is 4.79 Å². The van der Waals surface area contributed by atoms with Crippen molar-refractivity contribution in [2.75, 3.05) is 0 Å². The minimum absolute atomic E-state index is 0.0592. The maximum atomic E-state index is 12.0. The zero-order valence-corrected chi connectivity index (χ0v) is 13.5. The second-order valence-electron chi connectivity index (χ2n) is 5.79. The van der Waals surface area contributed by atoms with E-state index in [1.54, 1.807) is 18.6 Å². The Morgan fingerprint density at radius 2 is 2.05 bits per heavy atom. The third-order valence-electron chi connectivity index (χ3n) is 3.75. The highest BCUT2D eigenvalue weighted by molar-refractivity contribution is 5.76. The summed E-state index contributed by atoms with van der Waals surface area (Å²) in [6, 6.07) is 6.42. The Hall–Kier alpha value is -2.23. The number of amides is 1. The molecule has 0 saturated heterocycles. The van der Waals surface area contributed by atoms with E-state index in [0.29, 0.717) is 12.8 Å². The normalized spacial score (nSPS) is 12.0. The number of aromatic nitrogens is 2. The second kappa shape index (κ2) is 7.69. The molecule has 0 fully saturated rings. The predicted molar refractivity (Wildman–Crippen MR) is 87.6 cm³/mol. The van der Waals surface area contributed by atoms with Gasteiger partial charge in [-0.15, -0.1) is 0 Å². The van der Waals surface area contributed by atoms with E-state index in [1.807, 2.05) is 6.92 Å². The molecule has 0 unspecified atom stereocenters. The molecular weight excluding hydrogens is 274 g/mol. The SMILES string of the molecule is Cc1ccc(CCC(=O)N[C@H](C)Cc2cnccn2)cc1C. The Bertz CT molecular complexity index is 625. The van der Waals surface area contributed by atoms with Crippen LogP contribution in [0, 0.1) is 13.8 Å². The van der Waals surface area contributed by atoms with Crippen LogP contribution in [-0.4, -0.2) is 21.9 Å². The van der Waals surface area contributed by atoms with Crippen LogP contribution in [0.5, 0.6) is 0 Å². The van der Waals surface area contributed by atoms with Crippen LogP contribution >= 0.6 is 0 Å². The number of carbonyl (C=O) groups is 1. The summed E-state index contributed by atoms with van der Waals surface area (Å²) in [5, 5.41) is 3.02. The van der Waals surface area contributed by atoms with Crippen LogP contribution < -0.4 is 5.32 Å². The van der Waals surface area contributed by atoms with E-state index < -0.39 is 0 Å². The van der Waals surface area contributed by atoms with E-state index in [4.69, 9.17) is 0 Å². The quantitative estimate of drug-likeness (QED) is 0.892. The first-order valence-corrected chi connectivity index (χ1v) is 7.65. The van der Waals surface area contributed by atoms with E-state index in [-0.39, 0.29) is 11.9 Å². The highest BCUT2D eigenvalue weighted by Crippen LogP contribution is 2.11. The first-order chi connectivity index (χ1) is 10.5. The van der Waals surface area contributed by atoms with Gasteiger partial charge in [-0.3, -0.25) is 14.8 Å². The molecule has 4 nitrogen and oxygen atoms in total. The van der Waals surface area contributed by atoms with Crippen molar-refractivity contribution in [2.24, 2.45) is 0 Å². The average molecular weight is 297 g/mol. The van der Waals surface area contributed by atoms with Gasteiger partial charge in [-0.2, -0.15) is 0 Å². The Balaban J connectivity index is 1.78. The van der Waals surface area contributed by atoms with Gasteiger partial charge >= 0.3 is 0 Å². The molecule has 0 aliphatic carbocycles. The fourth-order valence-corrected chi connectivity index (χ4v) is 2.36. The molecule has 1 aromatic carbocycles. The van der Waals surface area contributed by atoms with E-state index in [9.17, 15) is 4.79 Å². The standard InChI is InChI=1S/C18H23N3O/c1-13-4-5-16(10-14(13)2)6-7-18(22)21-15(3)11-17-12-19-8-9-20-17/h4-5,8-10,12,15H,6-7,11H2,1-3H3,(H,21,22)/t15-/m1/s1. The molecule has 1 aromatic heterocycles. The van der Waals surface area contributed by atoms with Gasteiger partial charge in [0, 0.05) is 37.5 Å². The smallest absolute Gasteiger partial charge is 0.220 e. The molecule has 0 bridgehead atoms. The second-order valence-corrected chi connectivity index (χ2v) is 5.79. The summed E-state index contributed by atoms with van der Waals surface area (Å²) in [6.07, 6.45) is 7.03. The molecule has 22 heavy (non-hydrogen) atoms. The van der Waals surface area contributed by atoms with E-state index in [0.717, 1.165) is 12.1 Å². The molecule has 1 atom stereocenters. The summed E-state index contributed by atoms with van der Waals surface area (Å²) in [5.41, 5.74) is 4.66. The summed E-state index contributed by atoms with van der Waals surface area (Å²) >= 11 is 0. The molecule has 0 aliphatic rings. The van der Waals surface area contributed by atoms with Crippen molar-refractivity contribution in [3.05, 3.63) is 59.2 Å². The largest absolute Gasteiger partial charge is 0.353 e. The molecule has 0 aliphatic heterocycles. The van der Waals surface area contributed by atoms with E-state index >= 15 is 0 Å². The maximum absolute atomic E-state index is 12.0. The average Bonchev–Trinajstić information content (AvgIpc) is 2.49. The van der Waals surface area contributed by atoms with Crippen molar-refractivity contribution in [3.8, 4) is 0 Å². The zero-order chi connectivity index (χ0) is 15.9. The Morgan fingerprint density at radius 1 is 1.23 bits per heavy atom. The summed E-state index contributed by atoms with van der Waals surface area (Å²) in [4.78, 5) is 20.3. The van der Waals surface area contributed by atoms with Gasteiger partial charge in [0.1, 0.15) is 0 Å². The number of hydrogen-bond donors (Lipinski definition) is 1. The Morgan fingerprint density at radius 3 is 2.73 bits per heavy atom. The van der Waals surface area contributed by atoms with Gasteiger partial charge in [0.05, 0.1) is 5.69 Å². The lowest BCUT2D eigenvalue weighted by atomic mass is 10.0. The van der Waals surface area contributed by atoms with Gasteiger partial charge in [0.15, 0.2) is 0 Å². The van der Waals surface area contributed by atoms with Gasteiger partial charge < -0.3 is 5.32 Å². The fourth-order valence-electron chi connectivity index (χ4n) is 2.36. The molecule has 1 heterocycles. The molecule has 4 heteroatoms. The van der Waals surface area contributed by atoms with Crippen LogP contribution in [0.15, 0.2) is 36.8 Å². The third-order valence-corrected chi connectivity index (χ3v) is 3.75. The highest BCUT2D eigenvalue weighted by Gasteiger charge is 2.09. The van der Waals surface area contributed by atoms with Crippen molar-refractivity contribution in [3.63, 3.8) is 0 Å². The zero-order valence-electron chi connectivity index (χ0n) is 13.5. The van der Waals surface area contributed by atoms with Crippen molar-refractivity contribution in [1.29, 1.82) is 0 Å². The fraction of sp³-hybridized carbons (Fsp3) is 0.389. The topological polar surface area (TPSA) is 54.9 Å². The molecule has 1 amide bonds. The first kappa shape index (κ1) is 16.1. The van der Waals surface area contributed by atoms with Crippen LogP contribution in [0.25, 0.3) is 0 Å². The Kier molecular flexibility index (Phi) is 5.64. The third kappa shape index (κ3) is 4.95. The minimum atomic E-state index is 0.0592. The monoisotopic (exact) mass is 297 g/mol. The number of nitrogens with one attached hydrogen (secondary N) is 1. The first-order valence-electron chi connectivity index (χ1n) is 7.65. The van der Waals surface area contributed by atoms with Crippen LogP contribution in [0.4, 0.5) is 0 Å². The van der Waals surface area contributed by atoms with Gasteiger partial charge in [0.25, 0.3) is 0 Å². The molecule has 0 spiro atoms. The van der Waals surface area contributed by atoms with Crippen LogP contribution in [-0.2, 0) is 17.6 Å². The lowest BCUT2D eigenvalue weighted by molar-refractivity contribution is -0.121. The van der Waals surface area contributed by atoms with E-state index in [2.05, 4.69) is 47.3 Å². The molecule has 0 radical (unpaired) electrons. The molecule has 116 valence electrons. The number of benzene rings is 1. The molecule has 2 rings (SSSR count). The van der Waals surface area contributed by atoms with Crippen LogP contribution in [0.1, 0.15) is 35.7 Å². The molecular formula is C18H23N3O. The molecule has 1 N–H and O–H groups in total. The van der Waals surface area contributed by atoms with Crippen molar-refractivity contribution >= 4 is 5.91 Å². The highest BCUT2D eigenvalue weighted by atomic mass is 16.1. The maximum Gasteiger partial charge on any atom is 0.220 e. The van der Waals surface area contributed by atoms with Crippen LogP contribution in [0.2, 0.25) is 0 Å². The predicted octanol–water partition coefficient (Wildman–Crippen LogP) is 2.77. The van der Waals surface area contributed by atoms with Gasteiger partial charge in [0.2, 0.25) is 5.91 Å². The van der Waals surface area contributed by atoms with Crippen molar-refractivity contribution in [2.45, 2.75) is 46.1 Å². The number of aryl methyl sites for hydroxylation is 3. The molecule has 2 aromatic rings.